The van der Waals surface area contributed by atoms with Crippen molar-refractivity contribution in [3.05, 3.63) is 108 Å². The molecule has 0 N–H and O–H groups in total. The Bertz CT molecular complexity index is 832. The van der Waals surface area contributed by atoms with Crippen molar-refractivity contribution in [3.63, 3.8) is 0 Å². The fourth-order valence-electron chi connectivity index (χ4n) is 3.17. The molecule has 0 radical (unpaired) electrons. The summed E-state index contributed by atoms with van der Waals surface area (Å²) in [5.74, 6) is 0.207. The topological polar surface area (TPSA) is 12.4 Å². The molecule has 132 valence electrons. The van der Waals surface area contributed by atoms with Crippen LogP contribution in [0.5, 0.6) is 0 Å². The number of nitrogens with zero attached hydrogens (tertiary/aromatic N) is 2. The zero-order valence-electron chi connectivity index (χ0n) is 15.8. The summed E-state index contributed by atoms with van der Waals surface area (Å²) < 4.78 is 0.544. The predicted molar refractivity (Wildman–Crippen MR) is 110 cm³/mol. The van der Waals surface area contributed by atoms with Gasteiger partial charge in [-0.3, -0.25) is 0 Å². The number of hydrogen-bond acceptors (Lipinski definition) is 1. The van der Waals surface area contributed by atoms with Crippen LogP contribution >= 0.6 is 0 Å². The highest BCUT2D eigenvalue weighted by Crippen LogP contribution is 2.27. The first-order valence-electron chi connectivity index (χ1n) is 9.09. The number of benzene rings is 3. The van der Waals surface area contributed by atoms with Crippen molar-refractivity contribution in [1.29, 1.82) is 0 Å². The smallest absolute Gasteiger partial charge is 0.111 e. The first kappa shape index (κ1) is 18.1. The Morgan fingerprint density at radius 1 is 0.731 bits per heavy atom. The van der Waals surface area contributed by atoms with E-state index < -0.39 is 0 Å². The van der Waals surface area contributed by atoms with Gasteiger partial charge in [0.25, 0.3) is 0 Å². The summed E-state index contributed by atoms with van der Waals surface area (Å²) in [5.41, 5.74) is 4.94. The van der Waals surface area contributed by atoms with E-state index in [2.05, 4.69) is 112 Å². The van der Waals surface area contributed by atoms with Gasteiger partial charge in [-0.1, -0.05) is 96.1 Å². The Morgan fingerprint density at radius 3 is 1.77 bits per heavy atom. The molecule has 26 heavy (non-hydrogen) atoms. The van der Waals surface area contributed by atoms with Gasteiger partial charge < -0.3 is 0 Å². The number of hydrogen-bond donors (Lipinski definition) is 0. The maximum Gasteiger partial charge on any atom is 0.111 e. The summed E-state index contributed by atoms with van der Waals surface area (Å²) in [6.07, 6.45) is 0.929. The van der Waals surface area contributed by atoms with E-state index in [-0.39, 0.29) is 5.92 Å². The number of quaternary nitrogens is 1. The van der Waals surface area contributed by atoms with Crippen LogP contribution in [-0.4, -0.2) is 31.4 Å². The largest absolute Gasteiger partial charge is 0.205 e. The Labute approximate surface area is 157 Å². The van der Waals surface area contributed by atoms with Crippen molar-refractivity contribution >= 4 is 5.71 Å². The zero-order chi connectivity index (χ0) is 18.4. The van der Waals surface area contributed by atoms with E-state index in [1.165, 1.54) is 16.7 Å². The fraction of sp³-hybridized carbons (Fsp3) is 0.208. The molecule has 0 saturated heterocycles. The average molecular weight is 343 g/mol. The third-order valence-electron chi connectivity index (χ3n) is 4.29. The van der Waals surface area contributed by atoms with E-state index in [4.69, 9.17) is 5.10 Å². The zero-order valence-corrected chi connectivity index (χ0v) is 15.8. The lowest BCUT2D eigenvalue weighted by Gasteiger charge is -2.24. The third kappa shape index (κ3) is 4.90. The molecule has 3 aromatic rings. The molecule has 0 aromatic heterocycles. The van der Waals surface area contributed by atoms with Gasteiger partial charge in [-0.25, -0.2) is 4.59 Å². The highest BCUT2D eigenvalue weighted by molar-refractivity contribution is 6.05. The summed E-state index contributed by atoms with van der Waals surface area (Å²) in [6.45, 7) is 0. The van der Waals surface area contributed by atoms with Crippen LogP contribution in [-0.2, 0) is 6.42 Å². The normalized spacial score (nSPS) is 13.4. The SMILES string of the molecule is C[N+](C)(C)N=C(c1ccccc1)C(Cc1ccccc1)c1ccccc1. The highest BCUT2D eigenvalue weighted by Gasteiger charge is 2.24. The fourth-order valence-corrected chi connectivity index (χ4v) is 3.17. The molecule has 2 nitrogen and oxygen atoms in total. The van der Waals surface area contributed by atoms with Crippen molar-refractivity contribution in [2.24, 2.45) is 5.10 Å². The average Bonchev–Trinajstić information content (AvgIpc) is 2.66. The molecule has 0 fully saturated rings. The van der Waals surface area contributed by atoms with Crippen LogP contribution in [0.15, 0.2) is 96.1 Å². The monoisotopic (exact) mass is 343 g/mol. The van der Waals surface area contributed by atoms with Gasteiger partial charge in [0.05, 0.1) is 21.1 Å². The van der Waals surface area contributed by atoms with Gasteiger partial charge in [-0.2, -0.15) is 0 Å². The predicted octanol–water partition coefficient (Wildman–Crippen LogP) is 5.12. The third-order valence-corrected chi connectivity index (χ3v) is 4.29. The maximum atomic E-state index is 5.11. The van der Waals surface area contributed by atoms with Crippen LogP contribution in [0.1, 0.15) is 22.6 Å². The Hall–Kier alpha value is -2.71. The second-order valence-corrected chi connectivity index (χ2v) is 7.45. The maximum absolute atomic E-state index is 5.11. The highest BCUT2D eigenvalue weighted by atomic mass is 15.6. The van der Waals surface area contributed by atoms with E-state index >= 15 is 0 Å². The molecule has 0 saturated carbocycles. The van der Waals surface area contributed by atoms with Crippen LogP contribution in [0.2, 0.25) is 0 Å². The second-order valence-electron chi connectivity index (χ2n) is 7.45. The van der Waals surface area contributed by atoms with Crippen molar-refractivity contribution in [2.45, 2.75) is 12.3 Å². The molecule has 3 aromatic carbocycles. The number of rotatable bonds is 6. The Morgan fingerprint density at radius 2 is 1.23 bits per heavy atom. The summed E-state index contributed by atoms with van der Waals surface area (Å²) in [4.78, 5) is 0. The molecule has 0 amide bonds. The van der Waals surface area contributed by atoms with Crippen LogP contribution in [0.25, 0.3) is 0 Å². The van der Waals surface area contributed by atoms with Gasteiger partial charge in [0.2, 0.25) is 0 Å². The van der Waals surface area contributed by atoms with Crippen LogP contribution in [0, 0.1) is 0 Å². The molecule has 1 unspecified atom stereocenters. The summed E-state index contributed by atoms with van der Waals surface area (Å²) in [7, 11) is 6.31. The van der Waals surface area contributed by atoms with Gasteiger partial charge in [0.1, 0.15) is 5.71 Å². The molecule has 0 heterocycles. The first-order chi connectivity index (χ1) is 12.5. The van der Waals surface area contributed by atoms with Gasteiger partial charge in [-0.15, -0.1) is 0 Å². The van der Waals surface area contributed by atoms with Crippen molar-refractivity contribution in [2.75, 3.05) is 21.1 Å². The van der Waals surface area contributed by atoms with Gasteiger partial charge in [-0.05, 0) is 17.5 Å². The molecular weight excluding hydrogens is 316 g/mol. The molecule has 3 rings (SSSR count). The van der Waals surface area contributed by atoms with Crippen LogP contribution in [0.3, 0.4) is 0 Å². The van der Waals surface area contributed by atoms with E-state index in [1.807, 2.05) is 0 Å². The van der Waals surface area contributed by atoms with E-state index in [1.54, 1.807) is 0 Å². The van der Waals surface area contributed by atoms with Gasteiger partial charge in [0.15, 0.2) is 0 Å². The lowest BCUT2D eigenvalue weighted by molar-refractivity contribution is -0.877. The van der Waals surface area contributed by atoms with E-state index in [9.17, 15) is 0 Å². The molecule has 0 aliphatic carbocycles. The lowest BCUT2D eigenvalue weighted by atomic mass is 9.85. The van der Waals surface area contributed by atoms with Crippen LogP contribution in [0.4, 0.5) is 0 Å². The van der Waals surface area contributed by atoms with Crippen molar-refractivity contribution < 1.29 is 4.59 Å². The molecule has 0 spiro atoms. The Balaban J connectivity index is 2.11. The summed E-state index contributed by atoms with van der Waals surface area (Å²) >= 11 is 0. The molecular formula is C24H27N2+. The minimum atomic E-state index is 0.207. The van der Waals surface area contributed by atoms with Crippen molar-refractivity contribution in [1.82, 2.24) is 0 Å². The molecule has 2 heteroatoms. The van der Waals surface area contributed by atoms with E-state index in [0.717, 1.165) is 12.1 Å². The van der Waals surface area contributed by atoms with Gasteiger partial charge >= 0.3 is 0 Å². The Kier molecular flexibility index (Phi) is 5.65. The summed E-state index contributed by atoms with van der Waals surface area (Å²) in [5, 5.41) is 5.11. The second kappa shape index (κ2) is 8.11. The molecule has 0 bridgehead atoms. The molecule has 0 aliphatic rings. The molecule has 1 atom stereocenters. The van der Waals surface area contributed by atoms with E-state index in [0.29, 0.717) is 4.59 Å². The quantitative estimate of drug-likeness (QED) is 0.334. The van der Waals surface area contributed by atoms with Crippen molar-refractivity contribution in [3.8, 4) is 0 Å². The van der Waals surface area contributed by atoms with Gasteiger partial charge in [0, 0.05) is 11.5 Å². The first-order valence-corrected chi connectivity index (χ1v) is 9.09. The minimum absolute atomic E-state index is 0.207. The standard InChI is InChI=1S/C24H27N2/c1-26(2,3)25-24(22-17-11-6-12-18-22)23(21-15-9-5-10-16-21)19-20-13-7-4-8-14-20/h4-18,23H,19H2,1-3H3/q+1. The minimum Gasteiger partial charge on any atom is -0.205 e. The van der Waals surface area contributed by atoms with Crippen LogP contribution < -0.4 is 0 Å². The lowest BCUT2D eigenvalue weighted by Crippen LogP contribution is -2.31. The molecule has 0 aliphatic heterocycles. The summed E-state index contributed by atoms with van der Waals surface area (Å²) in [6, 6.07) is 32.0.